The summed E-state index contributed by atoms with van der Waals surface area (Å²) < 4.78 is 21.0. The van der Waals surface area contributed by atoms with Crippen molar-refractivity contribution in [3.63, 3.8) is 0 Å². The van der Waals surface area contributed by atoms with Crippen molar-refractivity contribution in [2.75, 3.05) is 19.8 Å². The number of benzene rings is 1. The topological polar surface area (TPSA) is 216 Å². The average molecular weight is 488 g/mol. The lowest BCUT2D eigenvalue weighted by atomic mass is 9.99. The number of aliphatic hydroxyl groups excluding tert-OH is 7. The van der Waals surface area contributed by atoms with Crippen molar-refractivity contribution in [1.82, 2.24) is 0 Å². The first-order chi connectivity index (χ1) is 16.1. The Kier molecular flexibility index (Phi) is 8.59. The van der Waals surface area contributed by atoms with Crippen molar-refractivity contribution in [3.8, 4) is 5.75 Å². The summed E-state index contributed by atoms with van der Waals surface area (Å²) in [5.41, 5.74) is 0.600. The number of carbonyl (C=O) groups excluding carboxylic acids is 1. The molecule has 8 N–H and O–H groups in total. The van der Waals surface area contributed by atoms with Crippen LogP contribution in [0.4, 0.5) is 0 Å². The lowest BCUT2D eigenvalue weighted by Gasteiger charge is -2.43. The molecule has 3 rings (SSSR count). The van der Waals surface area contributed by atoms with Crippen LogP contribution in [0.25, 0.3) is 6.08 Å². The van der Waals surface area contributed by atoms with Crippen LogP contribution in [0.15, 0.2) is 30.3 Å². The Morgan fingerprint density at radius 2 is 1.65 bits per heavy atom. The van der Waals surface area contributed by atoms with Gasteiger partial charge < -0.3 is 59.8 Å². The number of hydrogen-bond donors (Lipinski definition) is 8. The van der Waals surface area contributed by atoms with E-state index in [9.17, 15) is 45.6 Å². The van der Waals surface area contributed by atoms with E-state index in [-0.39, 0.29) is 5.75 Å². The second-order valence-electron chi connectivity index (χ2n) is 7.93. The summed E-state index contributed by atoms with van der Waals surface area (Å²) in [5.74, 6) is -3.08. The number of esters is 1. The third-order valence-electron chi connectivity index (χ3n) is 5.59. The first kappa shape index (κ1) is 26.4. The molecule has 2 aliphatic heterocycles. The van der Waals surface area contributed by atoms with Crippen LogP contribution in [0.5, 0.6) is 5.75 Å². The highest BCUT2D eigenvalue weighted by Gasteiger charge is 2.58. The molecule has 0 saturated carbocycles. The third-order valence-corrected chi connectivity index (χ3v) is 5.59. The van der Waals surface area contributed by atoms with Gasteiger partial charge >= 0.3 is 5.97 Å². The zero-order valence-electron chi connectivity index (χ0n) is 17.8. The molecule has 1 aromatic carbocycles. The van der Waals surface area contributed by atoms with E-state index >= 15 is 0 Å². The number of aromatic hydroxyl groups is 1. The Morgan fingerprint density at radius 1 is 0.971 bits per heavy atom. The van der Waals surface area contributed by atoms with E-state index in [4.69, 9.17) is 18.9 Å². The number of rotatable bonds is 8. The summed E-state index contributed by atoms with van der Waals surface area (Å²) in [6, 6.07) is 5.97. The van der Waals surface area contributed by atoms with Crippen LogP contribution in [0.1, 0.15) is 5.56 Å². The highest BCUT2D eigenvalue weighted by Crippen LogP contribution is 2.36. The van der Waals surface area contributed by atoms with Crippen molar-refractivity contribution in [3.05, 3.63) is 35.9 Å². The fraction of sp³-hybridized carbons (Fsp3) is 0.571. The lowest BCUT2D eigenvalue weighted by molar-refractivity contribution is -0.383. The van der Waals surface area contributed by atoms with Gasteiger partial charge in [0, 0.05) is 6.08 Å². The van der Waals surface area contributed by atoms with E-state index in [1.54, 1.807) is 12.1 Å². The standard InChI is InChI=1S/C21H28O13/c22-7-12-16(27)19(30)21(9-23,33-12)34-20-18(29)17(28)15(26)13(32-20)8-31-14(25)6-3-10-1-4-11(24)5-2-10/h1-6,12-13,15-20,22-24,26-30H,7-9H2/b6-3+/t12-,13-,15-,16-,17+,18-,19+,20-,21+/m1/s1. The first-order valence-electron chi connectivity index (χ1n) is 10.4. The molecule has 0 amide bonds. The van der Waals surface area contributed by atoms with E-state index < -0.39 is 80.6 Å². The molecule has 2 heterocycles. The van der Waals surface area contributed by atoms with Crippen molar-refractivity contribution in [2.24, 2.45) is 0 Å². The largest absolute Gasteiger partial charge is 0.508 e. The van der Waals surface area contributed by atoms with Crippen LogP contribution in [-0.2, 0) is 23.7 Å². The number of phenols is 1. The van der Waals surface area contributed by atoms with Gasteiger partial charge in [-0.2, -0.15) is 0 Å². The van der Waals surface area contributed by atoms with Crippen LogP contribution >= 0.6 is 0 Å². The highest BCUT2D eigenvalue weighted by atomic mass is 16.8. The van der Waals surface area contributed by atoms with Crippen LogP contribution < -0.4 is 0 Å². The number of ether oxygens (including phenoxy) is 4. The predicted molar refractivity (Wildman–Crippen MR) is 110 cm³/mol. The minimum absolute atomic E-state index is 0.0561. The fourth-order valence-corrected chi connectivity index (χ4v) is 3.58. The van der Waals surface area contributed by atoms with Crippen LogP contribution in [0.3, 0.4) is 0 Å². The quantitative estimate of drug-likeness (QED) is 0.132. The van der Waals surface area contributed by atoms with Crippen molar-refractivity contribution in [2.45, 2.75) is 54.8 Å². The van der Waals surface area contributed by atoms with Gasteiger partial charge in [0.25, 0.3) is 0 Å². The molecule has 34 heavy (non-hydrogen) atoms. The Morgan fingerprint density at radius 3 is 2.24 bits per heavy atom. The minimum atomic E-state index is -2.31. The molecular formula is C21H28O13. The highest BCUT2D eigenvalue weighted by molar-refractivity contribution is 5.87. The van der Waals surface area contributed by atoms with Crippen LogP contribution in [-0.4, -0.2) is 121 Å². The van der Waals surface area contributed by atoms with Gasteiger partial charge in [-0.25, -0.2) is 4.79 Å². The lowest BCUT2D eigenvalue weighted by Crippen LogP contribution is -2.62. The molecule has 0 aliphatic carbocycles. The normalized spacial score (nSPS) is 38.3. The number of aliphatic hydroxyl groups is 7. The Bertz CT molecular complexity index is 846. The minimum Gasteiger partial charge on any atom is -0.508 e. The summed E-state index contributed by atoms with van der Waals surface area (Å²) in [6.07, 6.45) is -10.9. The Labute approximate surface area is 193 Å². The monoisotopic (exact) mass is 488 g/mol. The maximum Gasteiger partial charge on any atom is 0.330 e. The van der Waals surface area contributed by atoms with Crippen LogP contribution in [0, 0.1) is 0 Å². The van der Waals surface area contributed by atoms with Crippen molar-refractivity contribution >= 4 is 12.0 Å². The molecule has 13 nitrogen and oxygen atoms in total. The molecular weight excluding hydrogens is 460 g/mol. The average Bonchev–Trinajstić information content (AvgIpc) is 3.08. The van der Waals surface area contributed by atoms with Gasteiger partial charge in [0.1, 0.15) is 61.7 Å². The maximum atomic E-state index is 12.0. The van der Waals surface area contributed by atoms with Gasteiger partial charge in [-0.15, -0.1) is 0 Å². The van der Waals surface area contributed by atoms with E-state index in [1.807, 2.05) is 0 Å². The summed E-state index contributed by atoms with van der Waals surface area (Å²) in [4.78, 5) is 12.0. The van der Waals surface area contributed by atoms with E-state index in [1.165, 1.54) is 18.2 Å². The second kappa shape index (κ2) is 11.0. The molecule has 190 valence electrons. The van der Waals surface area contributed by atoms with Crippen molar-refractivity contribution in [1.29, 1.82) is 0 Å². The maximum absolute atomic E-state index is 12.0. The fourth-order valence-electron chi connectivity index (χ4n) is 3.58. The first-order valence-corrected chi connectivity index (χ1v) is 10.4. The summed E-state index contributed by atoms with van der Waals surface area (Å²) in [7, 11) is 0. The number of hydrogen-bond acceptors (Lipinski definition) is 13. The van der Waals surface area contributed by atoms with Gasteiger partial charge in [0.05, 0.1) is 6.61 Å². The molecule has 2 aliphatic rings. The van der Waals surface area contributed by atoms with E-state index in [2.05, 4.69) is 0 Å². The molecule has 0 unspecified atom stereocenters. The molecule has 2 saturated heterocycles. The Hall–Kier alpha value is -2.17. The number of phenolic OH excluding ortho intramolecular Hbond substituents is 1. The molecule has 13 heteroatoms. The third kappa shape index (κ3) is 5.55. The summed E-state index contributed by atoms with van der Waals surface area (Å²) in [5, 5.41) is 79.1. The molecule has 0 radical (unpaired) electrons. The smallest absolute Gasteiger partial charge is 0.330 e. The molecule has 2 fully saturated rings. The van der Waals surface area contributed by atoms with Gasteiger partial charge in [-0.05, 0) is 23.8 Å². The van der Waals surface area contributed by atoms with Gasteiger partial charge in [0.2, 0.25) is 5.79 Å². The zero-order chi connectivity index (χ0) is 25.0. The molecule has 9 atom stereocenters. The SMILES string of the molecule is O=C(/C=C/c1ccc(O)cc1)OC[C@H]1O[C@H](O[C@]2(CO)O[C@H](CO)[C@@H](O)[C@@H]2O)[C@H](O)[C@@H](O)[C@@H]1O. The molecule has 0 aromatic heterocycles. The molecule has 0 spiro atoms. The zero-order valence-corrected chi connectivity index (χ0v) is 17.8. The van der Waals surface area contributed by atoms with Gasteiger partial charge in [-0.1, -0.05) is 12.1 Å². The van der Waals surface area contributed by atoms with E-state index in [0.717, 1.165) is 6.08 Å². The molecule has 0 bridgehead atoms. The van der Waals surface area contributed by atoms with E-state index in [0.29, 0.717) is 5.56 Å². The Balaban J connectivity index is 1.64. The van der Waals surface area contributed by atoms with Gasteiger partial charge in [0.15, 0.2) is 6.29 Å². The van der Waals surface area contributed by atoms with Crippen molar-refractivity contribution < 1.29 is 64.6 Å². The summed E-state index contributed by atoms with van der Waals surface area (Å²) >= 11 is 0. The summed E-state index contributed by atoms with van der Waals surface area (Å²) in [6.45, 7) is -2.30. The number of carbonyl (C=O) groups is 1. The molecule has 1 aromatic rings. The second-order valence-corrected chi connectivity index (χ2v) is 7.93. The predicted octanol–water partition coefficient (Wildman–Crippen LogP) is -3.43. The van der Waals surface area contributed by atoms with Gasteiger partial charge in [-0.3, -0.25) is 0 Å². The van der Waals surface area contributed by atoms with Crippen LogP contribution in [0.2, 0.25) is 0 Å².